The molecule has 1 atom stereocenters. The van der Waals surface area contributed by atoms with Crippen LogP contribution in [0, 0.1) is 5.41 Å². The van der Waals surface area contributed by atoms with E-state index in [4.69, 9.17) is 39.5 Å². The summed E-state index contributed by atoms with van der Waals surface area (Å²) >= 11 is 18.1. The molecule has 1 aromatic carbocycles. The maximum absolute atomic E-state index is 12.2. The van der Waals surface area contributed by atoms with Crippen LogP contribution in [-0.4, -0.2) is 11.9 Å². The van der Waals surface area contributed by atoms with E-state index in [1.807, 2.05) is 0 Å². The predicted octanol–water partition coefficient (Wildman–Crippen LogP) is 5.71. The van der Waals surface area contributed by atoms with Gasteiger partial charge in [-0.1, -0.05) is 60.5 Å². The molecule has 2 aliphatic rings. The van der Waals surface area contributed by atoms with Gasteiger partial charge in [0, 0.05) is 12.5 Å². The van der Waals surface area contributed by atoms with Gasteiger partial charge in [0.25, 0.3) is 0 Å². The monoisotopic (exact) mass is 346 g/mol. The molecule has 0 bridgehead atoms. The summed E-state index contributed by atoms with van der Waals surface area (Å²) < 4.78 is 6.04. The van der Waals surface area contributed by atoms with Crippen molar-refractivity contribution in [2.45, 2.75) is 51.0 Å². The van der Waals surface area contributed by atoms with E-state index in [0.717, 1.165) is 25.7 Å². The number of carbonyl (C=O) groups is 1. The molecule has 1 spiro atoms. The highest BCUT2D eigenvalue weighted by atomic mass is 35.5. The predicted molar refractivity (Wildman–Crippen MR) is 85.6 cm³/mol. The summed E-state index contributed by atoms with van der Waals surface area (Å²) in [7, 11) is 0. The number of benzene rings is 1. The van der Waals surface area contributed by atoms with Crippen LogP contribution >= 0.6 is 34.8 Å². The van der Waals surface area contributed by atoms with E-state index in [9.17, 15) is 4.79 Å². The topological polar surface area (TPSA) is 26.3 Å². The molecule has 3 rings (SSSR count). The summed E-state index contributed by atoms with van der Waals surface area (Å²) in [6, 6.07) is 3.22. The standard InChI is InChI=1S/C16H17Cl3O2/c17-10-7-12(19)13(8-11(10)18)21-15-9-14(20)16(15)5-3-1-2-4-6-16/h7-8,15H,1-6,9H2. The lowest BCUT2D eigenvalue weighted by Gasteiger charge is -2.47. The summed E-state index contributed by atoms with van der Waals surface area (Å²) in [4.78, 5) is 12.2. The second kappa shape index (κ2) is 5.98. The van der Waals surface area contributed by atoms with Crippen LogP contribution in [0.15, 0.2) is 12.1 Å². The molecule has 0 radical (unpaired) electrons. The van der Waals surface area contributed by atoms with Crippen LogP contribution < -0.4 is 4.74 Å². The van der Waals surface area contributed by atoms with Crippen molar-refractivity contribution in [3.8, 4) is 5.75 Å². The Hall–Kier alpha value is -0.440. The fourth-order valence-electron chi connectivity index (χ4n) is 3.48. The summed E-state index contributed by atoms with van der Waals surface area (Å²) in [5.41, 5.74) is -0.300. The maximum atomic E-state index is 12.2. The minimum Gasteiger partial charge on any atom is -0.487 e. The van der Waals surface area contributed by atoms with E-state index >= 15 is 0 Å². The molecule has 0 N–H and O–H groups in total. The third-order valence-corrected chi connectivity index (χ3v) is 5.80. The fourth-order valence-corrected chi connectivity index (χ4v) is 4.06. The number of rotatable bonds is 2. The van der Waals surface area contributed by atoms with Crippen molar-refractivity contribution in [2.75, 3.05) is 0 Å². The van der Waals surface area contributed by atoms with E-state index in [1.54, 1.807) is 12.1 Å². The Labute approximate surface area is 139 Å². The smallest absolute Gasteiger partial charge is 0.146 e. The van der Waals surface area contributed by atoms with Crippen molar-refractivity contribution in [3.63, 3.8) is 0 Å². The van der Waals surface area contributed by atoms with Crippen LogP contribution in [-0.2, 0) is 4.79 Å². The van der Waals surface area contributed by atoms with Gasteiger partial charge in [0.15, 0.2) is 0 Å². The summed E-state index contributed by atoms with van der Waals surface area (Å²) in [6.07, 6.45) is 6.84. The Balaban J connectivity index is 1.81. The highest BCUT2D eigenvalue weighted by Crippen LogP contribution is 2.50. The summed E-state index contributed by atoms with van der Waals surface area (Å²) in [5, 5.41) is 1.26. The number of Topliss-reactive ketones (excluding diaryl/α,β-unsaturated/α-hetero) is 1. The lowest BCUT2D eigenvalue weighted by molar-refractivity contribution is -0.154. The quantitative estimate of drug-likeness (QED) is 0.641. The Kier molecular flexibility index (Phi) is 4.40. The molecule has 0 heterocycles. The van der Waals surface area contributed by atoms with Gasteiger partial charge in [-0.05, 0) is 18.9 Å². The van der Waals surface area contributed by atoms with Crippen molar-refractivity contribution in [3.05, 3.63) is 27.2 Å². The van der Waals surface area contributed by atoms with Crippen molar-refractivity contribution >= 4 is 40.6 Å². The number of halogens is 3. The molecule has 2 nitrogen and oxygen atoms in total. The van der Waals surface area contributed by atoms with Crippen molar-refractivity contribution in [2.24, 2.45) is 5.41 Å². The van der Waals surface area contributed by atoms with Gasteiger partial charge in [-0.3, -0.25) is 4.79 Å². The highest BCUT2D eigenvalue weighted by Gasteiger charge is 2.55. The van der Waals surface area contributed by atoms with E-state index in [1.165, 1.54) is 12.8 Å². The molecular weight excluding hydrogens is 331 g/mol. The number of carbonyl (C=O) groups excluding carboxylic acids is 1. The Bertz CT molecular complexity index is 563. The number of hydrogen-bond acceptors (Lipinski definition) is 2. The average molecular weight is 348 g/mol. The third kappa shape index (κ3) is 2.78. The molecule has 2 fully saturated rings. The molecule has 114 valence electrons. The molecule has 2 saturated carbocycles. The van der Waals surface area contributed by atoms with Crippen LogP contribution in [0.3, 0.4) is 0 Å². The zero-order chi connectivity index (χ0) is 15.0. The SMILES string of the molecule is O=C1CC(Oc2cc(Cl)c(Cl)cc2Cl)C12CCCCCC2. The zero-order valence-corrected chi connectivity index (χ0v) is 13.9. The Morgan fingerprint density at radius 2 is 1.57 bits per heavy atom. The van der Waals surface area contributed by atoms with Crippen molar-refractivity contribution < 1.29 is 9.53 Å². The molecule has 0 amide bonds. The van der Waals surface area contributed by atoms with Crippen molar-refractivity contribution in [1.82, 2.24) is 0 Å². The largest absolute Gasteiger partial charge is 0.487 e. The molecule has 2 aliphatic carbocycles. The van der Waals surface area contributed by atoms with Gasteiger partial charge in [0.1, 0.15) is 17.6 Å². The number of ether oxygens (including phenoxy) is 1. The summed E-state index contributed by atoms with van der Waals surface area (Å²) in [5.74, 6) is 0.859. The lowest BCUT2D eigenvalue weighted by Crippen LogP contribution is -2.56. The fraction of sp³-hybridized carbons (Fsp3) is 0.562. The van der Waals surface area contributed by atoms with Gasteiger partial charge in [-0.25, -0.2) is 0 Å². The van der Waals surface area contributed by atoms with Crippen LogP contribution in [0.25, 0.3) is 0 Å². The molecule has 1 unspecified atom stereocenters. The first-order valence-electron chi connectivity index (χ1n) is 7.37. The summed E-state index contributed by atoms with van der Waals surface area (Å²) in [6.45, 7) is 0. The van der Waals surface area contributed by atoms with Crippen LogP contribution in [0.1, 0.15) is 44.9 Å². The van der Waals surface area contributed by atoms with Gasteiger partial charge < -0.3 is 4.74 Å². The molecule has 0 aliphatic heterocycles. The van der Waals surface area contributed by atoms with E-state index in [-0.39, 0.29) is 11.5 Å². The maximum Gasteiger partial charge on any atom is 0.146 e. The normalized spacial score (nSPS) is 24.5. The van der Waals surface area contributed by atoms with Gasteiger partial charge in [0.05, 0.1) is 20.5 Å². The third-order valence-electron chi connectivity index (χ3n) is 4.78. The van der Waals surface area contributed by atoms with Crippen LogP contribution in [0.4, 0.5) is 0 Å². The molecule has 21 heavy (non-hydrogen) atoms. The molecule has 5 heteroatoms. The molecule has 0 aromatic heterocycles. The molecular formula is C16H17Cl3O2. The van der Waals surface area contributed by atoms with Crippen LogP contribution in [0.2, 0.25) is 15.1 Å². The first-order chi connectivity index (χ1) is 10.0. The Morgan fingerprint density at radius 3 is 2.19 bits per heavy atom. The second-order valence-corrected chi connectivity index (χ2v) is 7.22. The average Bonchev–Trinajstić information content (AvgIpc) is 2.72. The van der Waals surface area contributed by atoms with Gasteiger partial charge in [-0.2, -0.15) is 0 Å². The van der Waals surface area contributed by atoms with Gasteiger partial charge in [0.2, 0.25) is 0 Å². The minimum absolute atomic E-state index is 0.0853. The lowest BCUT2D eigenvalue weighted by atomic mass is 9.60. The number of ketones is 1. The first kappa shape index (κ1) is 15.5. The first-order valence-corrected chi connectivity index (χ1v) is 8.51. The number of hydrogen-bond donors (Lipinski definition) is 0. The van der Waals surface area contributed by atoms with Gasteiger partial charge >= 0.3 is 0 Å². The van der Waals surface area contributed by atoms with E-state index < -0.39 is 0 Å². The minimum atomic E-state index is -0.300. The van der Waals surface area contributed by atoms with Gasteiger partial charge in [-0.15, -0.1) is 0 Å². The molecule has 0 saturated heterocycles. The van der Waals surface area contributed by atoms with Crippen molar-refractivity contribution in [1.29, 1.82) is 0 Å². The molecule has 1 aromatic rings. The highest BCUT2D eigenvalue weighted by molar-refractivity contribution is 6.43. The van der Waals surface area contributed by atoms with Crippen LogP contribution in [0.5, 0.6) is 5.75 Å². The van der Waals surface area contributed by atoms with E-state index in [2.05, 4.69) is 0 Å². The zero-order valence-electron chi connectivity index (χ0n) is 11.6. The Morgan fingerprint density at radius 1 is 0.952 bits per heavy atom. The van der Waals surface area contributed by atoms with E-state index in [0.29, 0.717) is 33.0 Å². The second-order valence-electron chi connectivity index (χ2n) is 6.00.